The molecule has 0 saturated heterocycles. The van der Waals surface area contributed by atoms with Gasteiger partial charge in [0, 0.05) is 72.8 Å². The number of rotatable bonds is 18. The lowest BCUT2D eigenvalue weighted by Gasteiger charge is -2.27. The lowest BCUT2D eigenvalue weighted by molar-refractivity contribution is -0.437. The lowest BCUT2D eigenvalue weighted by atomic mass is 9.81. The van der Waals surface area contributed by atoms with E-state index in [0.29, 0.717) is 25.8 Å². The molecule has 2 aromatic carbocycles. The highest BCUT2D eigenvalue weighted by Crippen LogP contribution is 2.48. The van der Waals surface area contributed by atoms with Gasteiger partial charge in [-0.05, 0) is 64.3 Å². The number of nitrogens with one attached hydrogen (secondary N) is 1. The van der Waals surface area contributed by atoms with Crippen molar-refractivity contribution >= 4 is 45.7 Å². The highest BCUT2D eigenvalue weighted by atomic mass is 32.2. The van der Waals surface area contributed by atoms with Crippen LogP contribution in [0.25, 0.3) is 0 Å². The maximum atomic E-state index is 12.4. The molecule has 2 heterocycles. The fraction of sp³-hybridized carbons (Fsp3) is 0.463. The van der Waals surface area contributed by atoms with Crippen LogP contribution in [0.1, 0.15) is 94.9 Å². The van der Waals surface area contributed by atoms with Gasteiger partial charge in [-0.25, -0.2) is 0 Å². The van der Waals surface area contributed by atoms with Gasteiger partial charge in [0.05, 0.1) is 11.2 Å². The van der Waals surface area contributed by atoms with Crippen molar-refractivity contribution in [3.8, 4) is 0 Å². The van der Waals surface area contributed by atoms with Crippen LogP contribution in [0.5, 0.6) is 0 Å². The predicted octanol–water partition coefficient (Wildman–Crippen LogP) is 6.97. The number of carbonyl (C=O) groups is 3. The van der Waals surface area contributed by atoms with E-state index in [1.165, 1.54) is 28.1 Å². The molecule has 0 aliphatic carbocycles. The SMILES string of the molecule is Cc1ccc2c(c1)C(C)(C)C(=CC=CC=CC1=[N+](CCCS(=O)(=O)O)c3ccc(C)cc3C1(C)C)N2CCCCCC(=O)NC(CC=O)CC=O. The zero-order valence-electron chi connectivity index (χ0n) is 30.9. The number of benzene rings is 2. The average molecular weight is 717 g/mol. The van der Waals surface area contributed by atoms with Crippen molar-refractivity contribution < 1.29 is 31.9 Å². The van der Waals surface area contributed by atoms with E-state index < -0.39 is 16.2 Å². The first kappa shape index (κ1) is 39.6. The zero-order chi connectivity index (χ0) is 37.4. The van der Waals surface area contributed by atoms with E-state index in [9.17, 15) is 27.4 Å². The smallest absolute Gasteiger partial charge is 0.265 e. The Morgan fingerprint density at radius 1 is 0.882 bits per heavy atom. The summed E-state index contributed by atoms with van der Waals surface area (Å²) in [4.78, 5) is 36.5. The Kier molecular flexibility index (Phi) is 13.1. The number of aldehydes is 2. The summed E-state index contributed by atoms with van der Waals surface area (Å²) < 4.78 is 34.4. The Hall–Kier alpha value is -4.15. The standard InChI is InChI=1S/C41H53N3O6S/c1-30-17-19-35-33(28-30)40(3,4)37(43(35)23-12-8-11-16-39(47)42-32(21-25-45)22-26-46)14-9-7-10-15-38-41(5,6)34-29-31(2)18-20-36(34)44(38)24-13-27-51(48,49)50/h7,9-10,14-15,17-20,25-26,28-29,32H,8,11-13,16,21-24,27H2,1-6H3,(H-,42,47,48,49,50)/p+1. The van der Waals surface area contributed by atoms with Gasteiger partial charge < -0.3 is 19.8 Å². The van der Waals surface area contributed by atoms with Crippen molar-refractivity contribution in [3.63, 3.8) is 0 Å². The molecule has 0 atom stereocenters. The topological polar surface area (TPSA) is 124 Å². The van der Waals surface area contributed by atoms with Crippen LogP contribution in [-0.2, 0) is 35.3 Å². The van der Waals surface area contributed by atoms with E-state index in [0.717, 1.165) is 48.9 Å². The summed E-state index contributed by atoms with van der Waals surface area (Å²) in [5.41, 5.74) is 8.86. The van der Waals surface area contributed by atoms with Crippen LogP contribution in [0.2, 0.25) is 0 Å². The molecule has 274 valence electrons. The lowest BCUT2D eigenvalue weighted by Crippen LogP contribution is -2.35. The van der Waals surface area contributed by atoms with Crippen LogP contribution in [0.4, 0.5) is 11.4 Å². The summed E-state index contributed by atoms with van der Waals surface area (Å²) >= 11 is 0. The fourth-order valence-electron chi connectivity index (χ4n) is 7.30. The van der Waals surface area contributed by atoms with Crippen molar-refractivity contribution in [2.45, 2.75) is 103 Å². The molecule has 10 heteroatoms. The largest absolute Gasteiger partial charge is 0.353 e. The molecule has 0 fully saturated rings. The summed E-state index contributed by atoms with van der Waals surface area (Å²) in [6, 6.07) is 12.5. The quantitative estimate of drug-likeness (QED) is 0.0561. The van der Waals surface area contributed by atoms with Gasteiger partial charge in [0.25, 0.3) is 10.1 Å². The molecule has 0 unspecified atom stereocenters. The van der Waals surface area contributed by atoms with Gasteiger partial charge in [0.2, 0.25) is 11.6 Å². The number of carbonyl (C=O) groups excluding carboxylic acids is 3. The van der Waals surface area contributed by atoms with E-state index in [-0.39, 0.29) is 35.3 Å². The first-order chi connectivity index (χ1) is 24.1. The Bertz CT molecular complexity index is 1840. The Labute approximate surface area is 304 Å². The van der Waals surface area contributed by atoms with Gasteiger partial charge >= 0.3 is 0 Å². The molecule has 0 bridgehead atoms. The van der Waals surface area contributed by atoms with Gasteiger partial charge in [-0.3, -0.25) is 9.35 Å². The van der Waals surface area contributed by atoms with Crippen molar-refractivity contribution in [1.82, 2.24) is 5.32 Å². The molecule has 2 aliphatic rings. The maximum Gasteiger partial charge on any atom is 0.265 e. The second-order valence-corrected chi connectivity index (χ2v) is 16.4. The van der Waals surface area contributed by atoms with Crippen molar-refractivity contribution in [2.75, 3.05) is 23.7 Å². The minimum absolute atomic E-state index is 0.134. The number of amides is 1. The third kappa shape index (κ3) is 9.80. The summed E-state index contributed by atoms with van der Waals surface area (Å²) in [7, 11) is -4.05. The van der Waals surface area contributed by atoms with E-state index in [2.05, 4.69) is 111 Å². The molecular formula is C41H54N3O6S+. The number of nitrogens with zero attached hydrogens (tertiary/aromatic N) is 2. The molecule has 2 N–H and O–H groups in total. The highest BCUT2D eigenvalue weighted by molar-refractivity contribution is 7.85. The molecule has 2 aliphatic heterocycles. The van der Waals surface area contributed by atoms with E-state index in [4.69, 9.17) is 0 Å². The van der Waals surface area contributed by atoms with Gasteiger partial charge in [0.1, 0.15) is 19.1 Å². The molecular weight excluding hydrogens is 663 g/mol. The molecule has 1 amide bonds. The third-order valence-corrected chi connectivity index (χ3v) is 10.8. The number of unbranched alkanes of at least 4 members (excludes halogenated alkanes) is 2. The minimum atomic E-state index is -4.05. The third-order valence-electron chi connectivity index (χ3n) is 10.0. The van der Waals surface area contributed by atoms with Crippen LogP contribution in [0, 0.1) is 13.8 Å². The summed E-state index contributed by atoms with van der Waals surface area (Å²) in [6.45, 7) is 14.3. The number of fused-ring (bicyclic) bond motifs is 2. The second kappa shape index (κ2) is 16.9. The van der Waals surface area contributed by atoms with Crippen LogP contribution in [-0.4, -0.2) is 66.6 Å². The first-order valence-corrected chi connectivity index (χ1v) is 19.5. The molecule has 2 aromatic rings. The van der Waals surface area contributed by atoms with Gasteiger partial charge in [-0.1, -0.05) is 67.8 Å². The number of allylic oxidation sites excluding steroid dienone is 6. The molecule has 4 rings (SSSR count). The predicted molar refractivity (Wildman–Crippen MR) is 205 cm³/mol. The molecule has 0 spiro atoms. The number of aryl methyl sites for hydroxylation is 2. The fourth-order valence-corrected chi connectivity index (χ4v) is 7.80. The Balaban J connectivity index is 1.50. The van der Waals surface area contributed by atoms with E-state index >= 15 is 0 Å². The normalized spacial score (nSPS) is 17.2. The number of anilines is 1. The van der Waals surface area contributed by atoms with Crippen LogP contribution >= 0.6 is 0 Å². The monoisotopic (exact) mass is 716 g/mol. The average Bonchev–Trinajstić information content (AvgIpc) is 3.38. The van der Waals surface area contributed by atoms with Crippen molar-refractivity contribution in [3.05, 3.63) is 94.7 Å². The van der Waals surface area contributed by atoms with E-state index in [1.807, 2.05) is 12.2 Å². The minimum Gasteiger partial charge on any atom is -0.353 e. The van der Waals surface area contributed by atoms with Gasteiger partial charge in [0.15, 0.2) is 5.71 Å². The van der Waals surface area contributed by atoms with Gasteiger partial charge in [-0.2, -0.15) is 13.0 Å². The zero-order valence-corrected chi connectivity index (χ0v) is 31.8. The van der Waals surface area contributed by atoms with Gasteiger partial charge in [-0.15, -0.1) is 0 Å². The molecule has 0 saturated carbocycles. The molecule has 9 nitrogen and oxygen atoms in total. The van der Waals surface area contributed by atoms with Crippen LogP contribution in [0.3, 0.4) is 0 Å². The summed E-state index contributed by atoms with van der Waals surface area (Å²) in [6.07, 6.45) is 15.3. The Morgan fingerprint density at radius 3 is 2.22 bits per heavy atom. The maximum absolute atomic E-state index is 12.4. The Morgan fingerprint density at radius 2 is 1.55 bits per heavy atom. The van der Waals surface area contributed by atoms with Crippen molar-refractivity contribution in [2.24, 2.45) is 0 Å². The summed E-state index contributed by atoms with van der Waals surface area (Å²) in [5.74, 6) is -0.421. The van der Waals surface area contributed by atoms with Crippen molar-refractivity contribution in [1.29, 1.82) is 0 Å². The first-order valence-electron chi connectivity index (χ1n) is 17.9. The van der Waals surface area contributed by atoms with Crippen LogP contribution in [0.15, 0.2) is 72.5 Å². The summed E-state index contributed by atoms with van der Waals surface area (Å²) in [5, 5.41) is 2.80. The molecule has 0 radical (unpaired) electrons. The van der Waals surface area contributed by atoms with Crippen LogP contribution < -0.4 is 10.2 Å². The molecule has 51 heavy (non-hydrogen) atoms. The highest BCUT2D eigenvalue weighted by Gasteiger charge is 2.44. The van der Waals surface area contributed by atoms with E-state index in [1.54, 1.807) is 0 Å². The molecule has 0 aromatic heterocycles. The number of hydrogen-bond acceptors (Lipinski definition) is 6. The number of hydrogen-bond donors (Lipinski definition) is 2. The second-order valence-electron chi connectivity index (χ2n) is 14.8.